The third-order valence-corrected chi connectivity index (χ3v) is 3.38. The summed E-state index contributed by atoms with van der Waals surface area (Å²) in [7, 11) is 0. The third kappa shape index (κ3) is 3.09. The smallest absolute Gasteiger partial charge is 0.120 e. The van der Waals surface area contributed by atoms with Gasteiger partial charge in [-0.05, 0) is 31.2 Å². The van der Waals surface area contributed by atoms with Crippen molar-refractivity contribution in [2.45, 2.75) is 13.5 Å². The van der Waals surface area contributed by atoms with Crippen molar-refractivity contribution in [1.82, 2.24) is 0 Å². The Morgan fingerprint density at radius 3 is 2.56 bits per heavy atom. The molecule has 0 atom stereocenters. The van der Waals surface area contributed by atoms with E-state index in [0.717, 1.165) is 16.8 Å². The summed E-state index contributed by atoms with van der Waals surface area (Å²) in [5, 5.41) is 14.0. The summed E-state index contributed by atoms with van der Waals surface area (Å²) in [6.45, 7) is 2.52. The number of benzene rings is 2. The summed E-state index contributed by atoms with van der Waals surface area (Å²) in [5.41, 5.74) is 2.82. The zero-order valence-electron chi connectivity index (χ0n) is 9.87. The molecule has 0 aliphatic rings. The van der Waals surface area contributed by atoms with Gasteiger partial charge < -0.3 is 10.4 Å². The Morgan fingerprint density at radius 2 is 1.83 bits per heavy atom. The Kier molecular flexibility index (Phi) is 4.00. The molecule has 0 bridgehead atoms. The topological polar surface area (TPSA) is 32.3 Å². The molecule has 0 saturated carbocycles. The van der Waals surface area contributed by atoms with Crippen molar-refractivity contribution >= 4 is 28.9 Å². The van der Waals surface area contributed by atoms with E-state index in [2.05, 4.69) is 5.32 Å². The molecule has 0 saturated heterocycles. The highest BCUT2D eigenvalue weighted by molar-refractivity contribution is 6.42. The van der Waals surface area contributed by atoms with Gasteiger partial charge in [0.1, 0.15) is 5.75 Å². The molecule has 2 aromatic carbocycles. The zero-order valence-corrected chi connectivity index (χ0v) is 11.4. The van der Waals surface area contributed by atoms with Gasteiger partial charge in [-0.3, -0.25) is 0 Å². The molecular formula is C14H13Cl2NO. The fourth-order valence-corrected chi connectivity index (χ4v) is 1.96. The minimum atomic E-state index is 0.285. The molecule has 2 N–H and O–H groups in total. The number of anilines is 1. The lowest BCUT2D eigenvalue weighted by Crippen LogP contribution is -2.00. The average Bonchev–Trinajstić information content (AvgIpc) is 2.34. The van der Waals surface area contributed by atoms with Gasteiger partial charge in [-0.15, -0.1) is 0 Å². The van der Waals surface area contributed by atoms with Gasteiger partial charge in [0.25, 0.3) is 0 Å². The highest BCUT2D eigenvalue weighted by atomic mass is 35.5. The number of aryl methyl sites for hydroxylation is 1. The van der Waals surface area contributed by atoms with Gasteiger partial charge in [0.2, 0.25) is 0 Å². The van der Waals surface area contributed by atoms with Crippen LogP contribution < -0.4 is 5.32 Å². The van der Waals surface area contributed by atoms with Crippen molar-refractivity contribution in [3.63, 3.8) is 0 Å². The Morgan fingerprint density at radius 1 is 1.06 bits per heavy atom. The van der Waals surface area contributed by atoms with Crippen LogP contribution in [-0.2, 0) is 6.54 Å². The van der Waals surface area contributed by atoms with Crippen LogP contribution in [0, 0.1) is 6.92 Å². The maximum Gasteiger partial charge on any atom is 0.120 e. The van der Waals surface area contributed by atoms with Crippen LogP contribution in [0.2, 0.25) is 10.0 Å². The summed E-state index contributed by atoms with van der Waals surface area (Å²) >= 11 is 11.8. The van der Waals surface area contributed by atoms with Crippen molar-refractivity contribution in [2.24, 2.45) is 0 Å². The molecule has 94 valence electrons. The van der Waals surface area contributed by atoms with Crippen LogP contribution in [0.25, 0.3) is 0 Å². The van der Waals surface area contributed by atoms with Crippen molar-refractivity contribution in [3.8, 4) is 5.75 Å². The van der Waals surface area contributed by atoms with Crippen LogP contribution in [0.5, 0.6) is 5.75 Å². The number of phenols is 1. The maximum absolute atomic E-state index is 9.72. The zero-order chi connectivity index (χ0) is 13.1. The summed E-state index contributed by atoms with van der Waals surface area (Å²) in [6.07, 6.45) is 0. The normalized spacial score (nSPS) is 10.4. The van der Waals surface area contributed by atoms with E-state index >= 15 is 0 Å². The van der Waals surface area contributed by atoms with Gasteiger partial charge in [0, 0.05) is 17.8 Å². The average molecular weight is 282 g/mol. The molecule has 0 heterocycles. The number of hydrogen-bond donors (Lipinski definition) is 2. The van der Waals surface area contributed by atoms with Crippen LogP contribution in [0.4, 0.5) is 5.69 Å². The van der Waals surface area contributed by atoms with E-state index in [4.69, 9.17) is 23.2 Å². The van der Waals surface area contributed by atoms with Crippen LogP contribution in [0.15, 0.2) is 36.4 Å². The van der Waals surface area contributed by atoms with Crippen LogP contribution in [0.3, 0.4) is 0 Å². The van der Waals surface area contributed by atoms with E-state index in [0.29, 0.717) is 16.6 Å². The highest BCUT2D eigenvalue weighted by Gasteiger charge is 2.03. The third-order valence-electron chi connectivity index (χ3n) is 2.64. The molecule has 0 aliphatic heterocycles. The summed E-state index contributed by atoms with van der Waals surface area (Å²) in [6, 6.07) is 10.9. The van der Waals surface area contributed by atoms with Gasteiger partial charge in [-0.2, -0.15) is 0 Å². The first kappa shape index (κ1) is 13.1. The molecule has 2 nitrogen and oxygen atoms in total. The lowest BCUT2D eigenvalue weighted by Gasteiger charge is -2.09. The van der Waals surface area contributed by atoms with Crippen molar-refractivity contribution in [2.75, 3.05) is 5.32 Å². The van der Waals surface area contributed by atoms with Crippen molar-refractivity contribution < 1.29 is 5.11 Å². The van der Waals surface area contributed by atoms with Crippen molar-refractivity contribution in [1.29, 1.82) is 0 Å². The molecular weight excluding hydrogens is 269 g/mol. The Bertz CT molecular complexity index is 570. The van der Waals surface area contributed by atoms with E-state index in [1.165, 1.54) is 0 Å². The van der Waals surface area contributed by atoms with Crippen LogP contribution in [0.1, 0.15) is 11.1 Å². The summed E-state index contributed by atoms with van der Waals surface area (Å²) in [4.78, 5) is 0. The second-order valence-electron chi connectivity index (χ2n) is 4.11. The van der Waals surface area contributed by atoms with E-state index in [9.17, 15) is 5.11 Å². The lowest BCUT2D eigenvalue weighted by molar-refractivity contribution is 0.469. The Hall–Kier alpha value is -1.38. The minimum Gasteiger partial charge on any atom is -0.508 e. The second kappa shape index (κ2) is 5.51. The Balaban J connectivity index is 2.11. The molecule has 4 heteroatoms. The SMILES string of the molecule is Cc1ccc(O)c(CNc2ccc(Cl)c(Cl)c2)c1. The first-order valence-corrected chi connectivity index (χ1v) is 6.29. The monoisotopic (exact) mass is 281 g/mol. The first-order chi connectivity index (χ1) is 8.56. The number of aromatic hydroxyl groups is 1. The molecule has 0 fully saturated rings. The van der Waals surface area contributed by atoms with Crippen LogP contribution in [-0.4, -0.2) is 5.11 Å². The van der Waals surface area contributed by atoms with E-state index in [1.54, 1.807) is 18.2 Å². The van der Waals surface area contributed by atoms with Gasteiger partial charge in [0.15, 0.2) is 0 Å². The molecule has 0 aromatic heterocycles. The van der Waals surface area contributed by atoms with E-state index < -0.39 is 0 Å². The molecule has 2 rings (SSSR count). The molecule has 2 aromatic rings. The largest absolute Gasteiger partial charge is 0.508 e. The Labute approximate surface area is 116 Å². The fourth-order valence-electron chi connectivity index (χ4n) is 1.66. The maximum atomic E-state index is 9.72. The number of rotatable bonds is 3. The van der Waals surface area contributed by atoms with Gasteiger partial charge in [-0.1, -0.05) is 40.9 Å². The highest BCUT2D eigenvalue weighted by Crippen LogP contribution is 2.26. The number of halogens is 2. The van der Waals surface area contributed by atoms with E-state index in [1.807, 2.05) is 25.1 Å². The van der Waals surface area contributed by atoms with E-state index in [-0.39, 0.29) is 5.75 Å². The standard InChI is InChI=1S/C14H13Cl2NO/c1-9-2-5-14(18)10(6-9)8-17-11-3-4-12(15)13(16)7-11/h2-7,17-18H,8H2,1H3. The fraction of sp³-hybridized carbons (Fsp3) is 0.143. The number of phenolic OH excluding ortho intramolecular Hbond substituents is 1. The predicted molar refractivity (Wildman–Crippen MR) is 76.6 cm³/mol. The quantitative estimate of drug-likeness (QED) is 0.861. The number of nitrogens with one attached hydrogen (secondary N) is 1. The molecule has 0 unspecified atom stereocenters. The molecule has 0 aliphatic carbocycles. The van der Waals surface area contributed by atoms with Crippen molar-refractivity contribution in [3.05, 3.63) is 57.6 Å². The lowest BCUT2D eigenvalue weighted by atomic mass is 10.1. The molecule has 18 heavy (non-hydrogen) atoms. The van der Waals surface area contributed by atoms with Gasteiger partial charge in [0.05, 0.1) is 10.0 Å². The number of hydrogen-bond acceptors (Lipinski definition) is 2. The summed E-state index contributed by atoms with van der Waals surface area (Å²) in [5.74, 6) is 0.285. The minimum absolute atomic E-state index is 0.285. The molecule has 0 spiro atoms. The molecule has 0 amide bonds. The van der Waals surface area contributed by atoms with Gasteiger partial charge >= 0.3 is 0 Å². The first-order valence-electron chi connectivity index (χ1n) is 5.53. The van der Waals surface area contributed by atoms with Gasteiger partial charge in [-0.25, -0.2) is 0 Å². The summed E-state index contributed by atoms with van der Waals surface area (Å²) < 4.78 is 0. The molecule has 0 radical (unpaired) electrons. The predicted octanol–water partition coefficient (Wildman–Crippen LogP) is 4.62. The van der Waals surface area contributed by atoms with Crippen LogP contribution >= 0.6 is 23.2 Å². The second-order valence-corrected chi connectivity index (χ2v) is 4.93.